The summed E-state index contributed by atoms with van der Waals surface area (Å²) in [6.07, 6.45) is 1.38. The van der Waals surface area contributed by atoms with Crippen LogP contribution >= 0.6 is 39.1 Å². The predicted octanol–water partition coefficient (Wildman–Crippen LogP) is 5.13. The molecular formula is C19H15BrCl2N2O3. The molecule has 2 aromatic carbocycles. The van der Waals surface area contributed by atoms with E-state index < -0.39 is 5.91 Å². The van der Waals surface area contributed by atoms with Gasteiger partial charge < -0.3 is 15.2 Å². The second-order valence-corrected chi connectivity index (χ2v) is 7.02. The topological polar surface area (TPSA) is 85.3 Å². The molecule has 0 fully saturated rings. The minimum atomic E-state index is -0.802. The van der Waals surface area contributed by atoms with Gasteiger partial charge in [0.2, 0.25) is 0 Å². The zero-order valence-electron chi connectivity index (χ0n) is 14.3. The maximum absolute atomic E-state index is 11.3. The van der Waals surface area contributed by atoms with Crippen molar-refractivity contribution < 1.29 is 14.3 Å². The lowest BCUT2D eigenvalue weighted by Crippen LogP contribution is -2.12. The fraction of sp³-hybridized carbons (Fsp3) is 0.158. The Bertz CT molecular complexity index is 939. The highest BCUT2D eigenvalue weighted by molar-refractivity contribution is 9.10. The number of amides is 1. The number of carbonyl (C=O) groups is 1. The lowest BCUT2D eigenvalue weighted by Gasteiger charge is -2.15. The summed E-state index contributed by atoms with van der Waals surface area (Å²) in [4.78, 5) is 11.3. The fourth-order valence-electron chi connectivity index (χ4n) is 2.19. The molecule has 0 unspecified atom stereocenters. The maximum Gasteiger partial charge on any atom is 0.259 e. The fourth-order valence-corrected chi connectivity index (χ4v) is 3.23. The van der Waals surface area contributed by atoms with Crippen LogP contribution in [0.1, 0.15) is 18.1 Å². The SMILES string of the molecule is CCOc1cc(/C=C(\C#N)C(N)=O)cc(Br)c1OCc1ccc(Cl)cc1Cl. The van der Waals surface area contributed by atoms with Crippen molar-refractivity contribution in [1.29, 1.82) is 5.26 Å². The number of hydrogen-bond donors (Lipinski definition) is 1. The third-order valence-corrected chi connectivity index (χ3v) is 4.59. The van der Waals surface area contributed by atoms with Crippen molar-refractivity contribution in [3.63, 3.8) is 0 Å². The first-order chi connectivity index (χ1) is 12.8. The molecule has 0 aliphatic carbocycles. The van der Waals surface area contributed by atoms with Crippen LogP contribution in [0.5, 0.6) is 11.5 Å². The van der Waals surface area contributed by atoms with Gasteiger partial charge in [-0.15, -0.1) is 0 Å². The number of hydrogen-bond acceptors (Lipinski definition) is 4. The van der Waals surface area contributed by atoms with Gasteiger partial charge in [-0.2, -0.15) is 5.26 Å². The normalized spacial score (nSPS) is 11.0. The maximum atomic E-state index is 11.3. The average molecular weight is 470 g/mol. The number of nitrogens with two attached hydrogens (primary N) is 1. The van der Waals surface area contributed by atoms with Crippen molar-refractivity contribution in [2.24, 2.45) is 5.73 Å². The number of primary amides is 1. The molecule has 0 saturated heterocycles. The Hall–Kier alpha value is -2.20. The van der Waals surface area contributed by atoms with Crippen molar-refractivity contribution >= 4 is 51.1 Å². The summed E-state index contributed by atoms with van der Waals surface area (Å²) >= 11 is 15.5. The summed E-state index contributed by atoms with van der Waals surface area (Å²) in [5, 5.41) is 10.0. The molecule has 2 rings (SSSR count). The first kappa shape index (κ1) is 21.1. The molecule has 0 radical (unpaired) electrons. The molecular weight excluding hydrogens is 455 g/mol. The van der Waals surface area contributed by atoms with E-state index in [-0.39, 0.29) is 12.2 Å². The lowest BCUT2D eigenvalue weighted by atomic mass is 10.1. The van der Waals surface area contributed by atoms with Crippen LogP contribution in [0.25, 0.3) is 6.08 Å². The molecule has 1 amide bonds. The lowest BCUT2D eigenvalue weighted by molar-refractivity contribution is -0.114. The van der Waals surface area contributed by atoms with Crippen LogP contribution < -0.4 is 15.2 Å². The summed E-state index contributed by atoms with van der Waals surface area (Å²) in [5.41, 5.74) is 6.35. The Morgan fingerprint density at radius 3 is 2.63 bits per heavy atom. The Balaban J connectivity index is 2.36. The quantitative estimate of drug-likeness (QED) is 0.450. The molecule has 27 heavy (non-hydrogen) atoms. The summed E-state index contributed by atoms with van der Waals surface area (Å²) in [6.45, 7) is 2.44. The van der Waals surface area contributed by atoms with E-state index in [0.717, 1.165) is 5.56 Å². The van der Waals surface area contributed by atoms with Gasteiger partial charge in [0.15, 0.2) is 11.5 Å². The zero-order chi connectivity index (χ0) is 20.0. The minimum absolute atomic E-state index is 0.161. The number of nitrogens with zero attached hydrogens (tertiary/aromatic N) is 1. The standard InChI is InChI=1S/C19H15BrCl2N2O3/c1-2-26-17-7-11(5-13(9-23)19(24)25)6-15(20)18(17)27-10-12-3-4-14(21)8-16(12)22/h3-8H,2,10H2,1H3,(H2,24,25)/b13-5+. The van der Waals surface area contributed by atoms with Crippen LogP contribution in [0.15, 0.2) is 40.4 Å². The molecule has 0 heterocycles. The molecule has 0 atom stereocenters. The molecule has 8 heteroatoms. The number of rotatable bonds is 7. The number of halogens is 3. The second kappa shape index (κ2) is 9.65. The first-order valence-electron chi connectivity index (χ1n) is 7.80. The van der Waals surface area contributed by atoms with Gasteiger partial charge in [0.1, 0.15) is 18.2 Å². The molecule has 0 aromatic heterocycles. The van der Waals surface area contributed by atoms with Crippen LogP contribution in [0.3, 0.4) is 0 Å². The van der Waals surface area contributed by atoms with Crippen molar-refractivity contribution in [3.05, 3.63) is 61.5 Å². The largest absolute Gasteiger partial charge is 0.490 e. The zero-order valence-corrected chi connectivity index (χ0v) is 17.4. The van der Waals surface area contributed by atoms with Crippen molar-refractivity contribution in [2.75, 3.05) is 6.61 Å². The van der Waals surface area contributed by atoms with E-state index >= 15 is 0 Å². The Kier molecular flexibility index (Phi) is 7.55. The summed E-state index contributed by atoms with van der Waals surface area (Å²) < 4.78 is 12.1. The highest BCUT2D eigenvalue weighted by Gasteiger charge is 2.14. The van der Waals surface area contributed by atoms with Crippen LogP contribution in [-0.4, -0.2) is 12.5 Å². The molecule has 0 aliphatic heterocycles. The van der Waals surface area contributed by atoms with Gasteiger partial charge in [0.05, 0.1) is 11.1 Å². The van der Waals surface area contributed by atoms with Crippen LogP contribution in [0, 0.1) is 11.3 Å². The van der Waals surface area contributed by atoms with Crippen LogP contribution in [0.4, 0.5) is 0 Å². The third kappa shape index (κ3) is 5.64. The first-order valence-corrected chi connectivity index (χ1v) is 9.35. The second-order valence-electron chi connectivity index (χ2n) is 5.32. The molecule has 2 aromatic rings. The van der Waals surface area contributed by atoms with Crippen molar-refractivity contribution in [1.82, 2.24) is 0 Å². The van der Waals surface area contributed by atoms with Gasteiger partial charge in [-0.25, -0.2) is 0 Å². The smallest absolute Gasteiger partial charge is 0.259 e. The van der Waals surface area contributed by atoms with E-state index in [4.69, 9.17) is 43.7 Å². The van der Waals surface area contributed by atoms with E-state index in [1.165, 1.54) is 6.08 Å². The van der Waals surface area contributed by atoms with Gasteiger partial charge in [0.25, 0.3) is 5.91 Å². The highest BCUT2D eigenvalue weighted by Crippen LogP contribution is 2.38. The molecule has 0 saturated carbocycles. The third-order valence-electron chi connectivity index (χ3n) is 3.42. The summed E-state index contributed by atoms with van der Waals surface area (Å²) in [6, 6.07) is 10.3. The molecule has 0 spiro atoms. The van der Waals surface area contributed by atoms with Gasteiger partial charge in [-0.3, -0.25) is 4.79 Å². The van der Waals surface area contributed by atoms with E-state index in [0.29, 0.717) is 38.2 Å². The van der Waals surface area contributed by atoms with Gasteiger partial charge in [-0.05, 0) is 58.8 Å². The van der Waals surface area contributed by atoms with E-state index in [1.54, 1.807) is 36.4 Å². The highest BCUT2D eigenvalue weighted by atomic mass is 79.9. The van der Waals surface area contributed by atoms with Gasteiger partial charge >= 0.3 is 0 Å². The van der Waals surface area contributed by atoms with Crippen LogP contribution in [0.2, 0.25) is 10.0 Å². The van der Waals surface area contributed by atoms with Crippen molar-refractivity contribution in [3.8, 4) is 17.6 Å². The summed E-state index contributed by atoms with van der Waals surface area (Å²) in [7, 11) is 0. The van der Waals surface area contributed by atoms with E-state index in [2.05, 4.69) is 15.9 Å². The molecule has 5 nitrogen and oxygen atoms in total. The Labute approximate surface area is 175 Å². The van der Waals surface area contributed by atoms with Gasteiger partial charge in [-0.1, -0.05) is 29.3 Å². The van der Waals surface area contributed by atoms with E-state index in [9.17, 15) is 4.79 Å². The number of ether oxygens (including phenoxy) is 2. The monoisotopic (exact) mass is 468 g/mol. The van der Waals surface area contributed by atoms with Crippen molar-refractivity contribution in [2.45, 2.75) is 13.5 Å². The predicted molar refractivity (Wildman–Crippen MR) is 109 cm³/mol. The minimum Gasteiger partial charge on any atom is -0.490 e. The van der Waals surface area contributed by atoms with Gasteiger partial charge in [0, 0.05) is 15.6 Å². The number of benzene rings is 2. The molecule has 140 valence electrons. The molecule has 2 N–H and O–H groups in total. The number of carbonyl (C=O) groups excluding carboxylic acids is 1. The molecule has 0 aliphatic rings. The molecule has 0 bridgehead atoms. The van der Waals surface area contributed by atoms with E-state index in [1.807, 2.05) is 6.92 Å². The summed E-state index contributed by atoms with van der Waals surface area (Å²) in [5.74, 6) is 0.117. The number of nitriles is 1. The Morgan fingerprint density at radius 1 is 1.30 bits per heavy atom. The van der Waals surface area contributed by atoms with Crippen LogP contribution in [-0.2, 0) is 11.4 Å². The Morgan fingerprint density at radius 2 is 2.04 bits per heavy atom. The average Bonchev–Trinajstić information content (AvgIpc) is 2.60.